The molecule has 6 nitrogen and oxygen atoms in total. The van der Waals surface area contributed by atoms with E-state index in [2.05, 4.69) is 8.75 Å². The Morgan fingerprint density at radius 2 is 2.19 bits per heavy atom. The molecular formula is C13H17N3O3S2. The Bertz CT molecular complexity index is 727. The average molecular weight is 327 g/mol. The maximum Gasteiger partial charge on any atom is 0.245 e. The summed E-state index contributed by atoms with van der Waals surface area (Å²) in [5.74, 6) is 0. The van der Waals surface area contributed by atoms with E-state index in [0.717, 1.165) is 31.0 Å². The summed E-state index contributed by atoms with van der Waals surface area (Å²) in [4.78, 5) is 0.221. The highest BCUT2D eigenvalue weighted by molar-refractivity contribution is 7.89. The van der Waals surface area contributed by atoms with Crippen LogP contribution in [-0.2, 0) is 10.0 Å². The lowest BCUT2D eigenvalue weighted by Crippen LogP contribution is -2.44. The van der Waals surface area contributed by atoms with Crippen LogP contribution in [0.25, 0.3) is 11.0 Å². The molecule has 1 N–H and O–H groups in total. The normalized spacial score (nSPS) is 20.9. The molecule has 3 rings (SSSR count). The van der Waals surface area contributed by atoms with Gasteiger partial charge in [-0.15, -0.1) is 0 Å². The predicted molar refractivity (Wildman–Crippen MR) is 80.6 cm³/mol. The Morgan fingerprint density at radius 1 is 1.33 bits per heavy atom. The first-order valence-electron chi connectivity index (χ1n) is 6.98. The molecule has 1 atom stereocenters. The first-order valence-corrected chi connectivity index (χ1v) is 9.15. The van der Waals surface area contributed by atoms with Gasteiger partial charge in [0.2, 0.25) is 10.0 Å². The molecule has 114 valence electrons. The van der Waals surface area contributed by atoms with Crippen LogP contribution in [0.15, 0.2) is 23.1 Å². The van der Waals surface area contributed by atoms with Crippen LogP contribution in [-0.4, -0.2) is 45.8 Å². The van der Waals surface area contributed by atoms with E-state index in [1.54, 1.807) is 18.2 Å². The summed E-state index contributed by atoms with van der Waals surface area (Å²) in [6.07, 6.45) is 3.13. The SMILES string of the molecule is O=S(=O)(c1cccc2nsnc12)N1CCCCC1CCO. The molecule has 0 radical (unpaired) electrons. The Kier molecular flexibility index (Phi) is 4.21. The molecule has 0 aliphatic carbocycles. The fraction of sp³-hybridized carbons (Fsp3) is 0.538. The van der Waals surface area contributed by atoms with Crippen molar-refractivity contribution in [1.82, 2.24) is 13.1 Å². The van der Waals surface area contributed by atoms with E-state index in [1.807, 2.05) is 0 Å². The largest absolute Gasteiger partial charge is 0.396 e. The molecule has 1 aliphatic heterocycles. The van der Waals surface area contributed by atoms with Gasteiger partial charge in [0.05, 0.1) is 11.7 Å². The van der Waals surface area contributed by atoms with E-state index in [9.17, 15) is 8.42 Å². The Balaban J connectivity index is 2.04. The molecule has 2 aromatic rings. The van der Waals surface area contributed by atoms with Gasteiger partial charge in [0.1, 0.15) is 15.9 Å². The molecule has 0 amide bonds. The van der Waals surface area contributed by atoms with Gasteiger partial charge >= 0.3 is 0 Å². The second-order valence-corrected chi connectivity index (χ2v) is 7.55. The van der Waals surface area contributed by atoms with Gasteiger partial charge in [-0.25, -0.2) is 8.42 Å². The lowest BCUT2D eigenvalue weighted by atomic mass is 10.0. The van der Waals surface area contributed by atoms with Crippen molar-refractivity contribution in [2.45, 2.75) is 36.6 Å². The van der Waals surface area contributed by atoms with Gasteiger partial charge in [0, 0.05) is 19.2 Å². The van der Waals surface area contributed by atoms with E-state index >= 15 is 0 Å². The molecule has 1 aromatic carbocycles. The topological polar surface area (TPSA) is 83.4 Å². The standard InChI is InChI=1S/C13H17N3O3S2/c17-9-7-10-4-1-2-8-16(10)21(18,19)12-6-3-5-11-13(12)15-20-14-11/h3,5-6,10,17H,1-2,4,7-9H2. The zero-order chi connectivity index (χ0) is 14.9. The molecule has 8 heteroatoms. The summed E-state index contributed by atoms with van der Waals surface area (Å²) in [5, 5.41) is 9.17. The van der Waals surface area contributed by atoms with Crippen molar-refractivity contribution in [2.24, 2.45) is 0 Å². The van der Waals surface area contributed by atoms with Crippen LogP contribution in [0.1, 0.15) is 25.7 Å². The lowest BCUT2D eigenvalue weighted by molar-refractivity contribution is 0.192. The number of nitrogens with zero attached hydrogens (tertiary/aromatic N) is 3. The molecule has 1 aliphatic rings. The maximum atomic E-state index is 13.0. The molecule has 21 heavy (non-hydrogen) atoms. The summed E-state index contributed by atoms with van der Waals surface area (Å²) < 4.78 is 35.7. The number of aliphatic hydroxyl groups excluding tert-OH is 1. The van der Waals surface area contributed by atoms with Gasteiger partial charge in [-0.05, 0) is 31.4 Å². The molecule has 1 fully saturated rings. The van der Waals surface area contributed by atoms with Crippen LogP contribution >= 0.6 is 11.7 Å². The summed E-state index contributed by atoms with van der Waals surface area (Å²) in [6.45, 7) is 0.500. The molecule has 1 unspecified atom stereocenters. The molecule has 0 saturated carbocycles. The van der Waals surface area contributed by atoms with Crippen LogP contribution in [0.2, 0.25) is 0 Å². The van der Waals surface area contributed by atoms with Gasteiger partial charge < -0.3 is 5.11 Å². The van der Waals surface area contributed by atoms with Crippen LogP contribution in [0.3, 0.4) is 0 Å². The molecule has 0 bridgehead atoms. The second kappa shape index (κ2) is 5.96. The third-order valence-corrected chi connectivity index (χ3v) is 6.40. The maximum absolute atomic E-state index is 13.0. The number of hydrogen-bond acceptors (Lipinski definition) is 6. The van der Waals surface area contributed by atoms with Crippen LogP contribution < -0.4 is 0 Å². The fourth-order valence-electron chi connectivity index (χ4n) is 2.84. The average Bonchev–Trinajstić information content (AvgIpc) is 2.96. The summed E-state index contributed by atoms with van der Waals surface area (Å²) >= 11 is 1.02. The van der Waals surface area contributed by atoms with E-state index < -0.39 is 10.0 Å². The second-order valence-electron chi connectivity index (χ2n) is 5.17. The van der Waals surface area contributed by atoms with Crippen molar-refractivity contribution in [1.29, 1.82) is 0 Å². The number of hydrogen-bond donors (Lipinski definition) is 1. The molecule has 0 spiro atoms. The molecule has 1 saturated heterocycles. The highest BCUT2D eigenvalue weighted by Gasteiger charge is 2.34. The van der Waals surface area contributed by atoms with Gasteiger partial charge in [-0.1, -0.05) is 12.5 Å². The third kappa shape index (κ3) is 2.68. The van der Waals surface area contributed by atoms with Crippen molar-refractivity contribution >= 4 is 32.8 Å². The highest BCUT2D eigenvalue weighted by atomic mass is 32.2. The Labute approximate surface area is 127 Å². The number of fused-ring (bicyclic) bond motifs is 1. The number of piperidine rings is 1. The van der Waals surface area contributed by atoms with Crippen molar-refractivity contribution in [3.8, 4) is 0 Å². The quantitative estimate of drug-likeness (QED) is 0.922. The predicted octanol–water partition coefficient (Wildman–Crippen LogP) is 1.62. The van der Waals surface area contributed by atoms with Crippen LogP contribution in [0.4, 0.5) is 0 Å². The van der Waals surface area contributed by atoms with Crippen LogP contribution in [0.5, 0.6) is 0 Å². The Hall–Kier alpha value is -1.09. The monoisotopic (exact) mass is 327 g/mol. The van der Waals surface area contributed by atoms with E-state index in [1.165, 1.54) is 4.31 Å². The summed E-state index contributed by atoms with van der Waals surface area (Å²) in [6, 6.07) is 4.92. The number of aliphatic hydroxyl groups is 1. The zero-order valence-electron chi connectivity index (χ0n) is 11.5. The summed E-state index contributed by atoms with van der Waals surface area (Å²) in [5.41, 5.74) is 1.05. The summed E-state index contributed by atoms with van der Waals surface area (Å²) in [7, 11) is -3.60. The van der Waals surface area contributed by atoms with Gasteiger partial charge in [-0.2, -0.15) is 13.1 Å². The zero-order valence-corrected chi connectivity index (χ0v) is 13.1. The highest BCUT2D eigenvalue weighted by Crippen LogP contribution is 2.30. The number of benzene rings is 1. The van der Waals surface area contributed by atoms with Gasteiger partial charge in [0.25, 0.3) is 0 Å². The van der Waals surface area contributed by atoms with Gasteiger partial charge in [0.15, 0.2) is 0 Å². The minimum atomic E-state index is -3.60. The first kappa shape index (κ1) is 14.8. The fourth-order valence-corrected chi connectivity index (χ4v) is 5.32. The van der Waals surface area contributed by atoms with Crippen molar-refractivity contribution < 1.29 is 13.5 Å². The number of aromatic nitrogens is 2. The first-order chi connectivity index (χ1) is 10.1. The van der Waals surface area contributed by atoms with Crippen molar-refractivity contribution in [3.05, 3.63) is 18.2 Å². The van der Waals surface area contributed by atoms with Gasteiger partial charge in [-0.3, -0.25) is 0 Å². The van der Waals surface area contributed by atoms with E-state index in [4.69, 9.17) is 5.11 Å². The molecule has 1 aromatic heterocycles. The van der Waals surface area contributed by atoms with Crippen molar-refractivity contribution in [3.63, 3.8) is 0 Å². The molecule has 2 heterocycles. The third-order valence-electron chi connectivity index (χ3n) is 3.87. The van der Waals surface area contributed by atoms with Crippen molar-refractivity contribution in [2.75, 3.05) is 13.2 Å². The molecular weight excluding hydrogens is 310 g/mol. The van der Waals surface area contributed by atoms with E-state index in [0.29, 0.717) is 24.0 Å². The van der Waals surface area contributed by atoms with E-state index in [-0.39, 0.29) is 17.5 Å². The lowest BCUT2D eigenvalue weighted by Gasteiger charge is -2.34. The minimum Gasteiger partial charge on any atom is -0.396 e. The Morgan fingerprint density at radius 3 is 3.00 bits per heavy atom. The number of sulfonamides is 1. The van der Waals surface area contributed by atoms with Crippen LogP contribution in [0, 0.1) is 0 Å². The smallest absolute Gasteiger partial charge is 0.245 e. The minimum absolute atomic E-state index is 0.000850. The number of rotatable bonds is 4.